The van der Waals surface area contributed by atoms with Crippen LogP contribution in [0, 0.1) is 5.41 Å². The Morgan fingerprint density at radius 1 is 1.10 bits per heavy atom. The summed E-state index contributed by atoms with van der Waals surface area (Å²) in [4.78, 5) is 24.3. The number of carbonyl (C=O) groups is 2. The molecular formula is C23H37N3O3. The van der Waals surface area contributed by atoms with Crippen molar-refractivity contribution in [3.63, 3.8) is 0 Å². The molecule has 6 heteroatoms. The molecule has 2 amide bonds. The van der Waals surface area contributed by atoms with Gasteiger partial charge in [0.05, 0.1) is 6.04 Å². The molecule has 0 saturated carbocycles. The molecule has 0 radical (unpaired) electrons. The highest BCUT2D eigenvalue weighted by Crippen LogP contribution is 2.12. The minimum atomic E-state index is -0.704. The molecule has 1 rings (SSSR count). The van der Waals surface area contributed by atoms with Crippen LogP contribution in [-0.2, 0) is 11.2 Å². The zero-order valence-corrected chi connectivity index (χ0v) is 18.6. The van der Waals surface area contributed by atoms with Crippen molar-refractivity contribution in [1.82, 2.24) is 10.6 Å². The van der Waals surface area contributed by atoms with Crippen LogP contribution in [0.5, 0.6) is 0 Å². The number of hydrogen-bond donors (Lipinski definition) is 3. The molecule has 0 bridgehead atoms. The van der Waals surface area contributed by atoms with Crippen molar-refractivity contribution in [3.05, 3.63) is 35.4 Å². The smallest absolute Gasteiger partial charge is 0.413 e. The molecule has 0 heterocycles. The predicted octanol–water partition coefficient (Wildman–Crippen LogP) is 5.21. The van der Waals surface area contributed by atoms with Crippen LogP contribution >= 0.6 is 0 Å². The average Bonchev–Trinajstić information content (AvgIpc) is 2.63. The summed E-state index contributed by atoms with van der Waals surface area (Å²) in [5.74, 6) is -0.381. The second-order valence-corrected chi connectivity index (χ2v) is 8.45. The summed E-state index contributed by atoms with van der Waals surface area (Å²) in [7, 11) is 0. The number of amidine groups is 1. The van der Waals surface area contributed by atoms with Gasteiger partial charge in [0.25, 0.3) is 5.91 Å². The van der Waals surface area contributed by atoms with E-state index in [0.717, 1.165) is 18.4 Å². The van der Waals surface area contributed by atoms with Crippen molar-refractivity contribution in [2.45, 2.75) is 91.2 Å². The monoisotopic (exact) mass is 403 g/mol. The summed E-state index contributed by atoms with van der Waals surface area (Å²) in [5, 5.41) is 13.1. The Morgan fingerprint density at radius 2 is 1.76 bits per heavy atom. The molecule has 0 aliphatic rings. The number of aryl methyl sites for hydroxylation is 1. The molecule has 1 atom stereocenters. The first-order valence-electron chi connectivity index (χ1n) is 10.6. The highest BCUT2D eigenvalue weighted by Gasteiger charge is 2.20. The summed E-state index contributed by atoms with van der Waals surface area (Å²) >= 11 is 0. The Labute approximate surface area is 175 Å². The van der Waals surface area contributed by atoms with Gasteiger partial charge < -0.3 is 10.1 Å². The van der Waals surface area contributed by atoms with Gasteiger partial charge in [-0.1, -0.05) is 51.2 Å². The highest BCUT2D eigenvalue weighted by atomic mass is 16.6. The van der Waals surface area contributed by atoms with Crippen molar-refractivity contribution in [1.29, 1.82) is 5.41 Å². The molecule has 0 aliphatic heterocycles. The quantitative estimate of drug-likeness (QED) is 0.284. The molecule has 0 saturated heterocycles. The second-order valence-electron chi connectivity index (χ2n) is 8.45. The maximum Gasteiger partial charge on any atom is 0.413 e. The first-order valence-corrected chi connectivity index (χ1v) is 10.6. The Bertz CT molecular complexity index is 680. The van der Waals surface area contributed by atoms with Gasteiger partial charge in [-0.05, 0) is 58.2 Å². The number of alkyl carbamates (subject to hydrolysis) is 1. The molecule has 3 N–H and O–H groups in total. The van der Waals surface area contributed by atoms with E-state index >= 15 is 0 Å². The zero-order valence-electron chi connectivity index (χ0n) is 18.6. The number of ether oxygens (including phenoxy) is 1. The SMILES string of the molecule is CCCCCCCCc1cccc(C(=O)N[C@@H](C)C(=N)NC(=O)OC(C)(C)C)c1. The van der Waals surface area contributed by atoms with Crippen molar-refractivity contribution in [3.8, 4) is 0 Å². The minimum absolute atomic E-state index is 0.115. The Balaban J connectivity index is 2.50. The fourth-order valence-electron chi connectivity index (χ4n) is 2.85. The third-order valence-corrected chi connectivity index (χ3v) is 4.42. The Morgan fingerprint density at radius 3 is 2.41 bits per heavy atom. The van der Waals surface area contributed by atoms with Gasteiger partial charge in [0.15, 0.2) is 0 Å². The van der Waals surface area contributed by atoms with Gasteiger partial charge in [-0.3, -0.25) is 15.5 Å². The maximum absolute atomic E-state index is 12.5. The van der Waals surface area contributed by atoms with Gasteiger partial charge >= 0.3 is 6.09 Å². The standard InChI is InChI=1S/C23H37N3O3/c1-6-7-8-9-10-11-13-18-14-12-15-19(16-18)21(27)25-17(2)20(24)26-22(28)29-23(3,4)5/h12,14-17H,6-11,13H2,1-5H3,(H,25,27)(H2,24,26,28)/t17-/m0/s1. The third-order valence-electron chi connectivity index (χ3n) is 4.42. The Kier molecular flexibility index (Phi) is 10.4. The minimum Gasteiger partial charge on any atom is -0.444 e. The van der Waals surface area contributed by atoms with Gasteiger partial charge in [0.1, 0.15) is 11.4 Å². The lowest BCUT2D eigenvalue weighted by atomic mass is 10.0. The molecule has 0 fully saturated rings. The summed E-state index contributed by atoms with van der Waals surface area (Å²) in [6.07, 6.45) is 7.68. The largest absolute Gasteiger partial charge is 0.444 e. The summed E-state index contributed by atoms with van der Waals surface area (Å²) in [5.41, 5.74) is 1.06. The fraction of sp³-hybridized carbons (Fsp3) is 0.609. The van der Waals surface area contributed by atoms with E-state index in [1.165, 1.54) is 32.1 Å². The van der Waals surface area contributed by atoms with E-state index in [1.54, 1.807) is 33.8 Å². The fourth-order valence-corrected chi connectivity index (χ4v) is 2.85. The topological polar surface area (TPSA) is 91.3 Å². The van der Waals surface area contributed by atoms with Crippen LogP contribution in [0.15, 0.2) is 24.3 Å². The molecule has 0 unspecified atom stereocenters. The van der Waals surface area contributed by atoms with E-state index in [1.807, 2.05) is 18.2 Å². The first-order chi connectivity index (χ1) is 13.6. The van der Waals surface area contributed by atoms with Crippen molar-refractivity contribution in [2.75, 3.05) is 0 Å². The molecule has 1 aromatic carbocycles. The zero-order chi connectivity index (χ0) is 21.9. The molecular weight excluding hydrogens is 366 g/mol. The molecule has 1 aromatic rings. The second kappa shape index (κ2) is 12.2. The van der Waals surface area contributed by atoms with Gasteiger partial charge in [-0.15, -0.1) is 0 Å². The third kappa shape index (κ3) is 10.7. The summed E-state index contributed by atoms with van der Waals surface area (Å²) in [6, 6.07) is 6.95. The van der Waals surface area contributed by atoms with Crippen molar-refractivity contribution >= 4 is 17.8 Å². The molecule has 29 heavy (non-hydrogen) atoms. The van der Waals surface area contributed by atoms with Crippen LogP contribution in [0.1, 0.15) is 89.1 Å². The summed E-state index contributed by atoms with van der Waals surface area (Å²) < 4.78 is 5.13. The van der Waals surface area contributed by atoms with Crippen LogP contribution in [0.2, 0.25) is 0 Å². The van der Waals surface area contributed by atoms with E-state index in [4.69, 9.17) is 10.1 Å². The van der Waals surface area contributed by atoms with E-state index in [2.05, 4.69) is 17.6 Å². The van der Waals surface area contributed by atoms with Crippen LogP contribution < -0.4 is 10.6 Å². The number of rotatable bonds is 10. The van der Waals surface area contributed by atoms with E-state index in [9.17, 15) is 9.59 Å². The predicted molar refractivity (Wildman–Crippen MR) is 118 cm³/mol. The molecule has 6 nitrogen and oxygen atoms in total. The van der Waals surface area contributed by atoms with Crippen LogP contribution in [0.25, 0.3) is 0 Å². The number of benzene rings is 1. The molecule has 0 aliphatic carbocycles. The van der Waals surface area contributed by atoms with Crippen molar-refractivity contribution < 1.29 is 14.3 Å². The molecule has 0 spiro atoms. The number of hydrogen-bond acceptors (Lipinski definition) is 4. The lowest BCUT2D eigenvalue weighted by molar-refractivity contribution is 0.0560. The van der Waals surface area contributed by atoms with Crippen molar-refractivity contribution in [2.24, 2.45) is 0 Å². The lowest BCUT2D eigenvalue weighted by Crippen LogP contribution is -2.47. The number of unbranched alkanes of at least 4 members (excludes halogenated alkanes) is 5. The normalized spacial score (nSPS) is 12.2. The van der Waals surface area contributed by atoms with Crippen LogP contribution in [-0.4, -0.2) is 29.5 Å². The van der Waals surface area contributed by atoms with Gasteiger partial charge in [-0.2, -0.15) is 0 Å². The van der Waals surface area contributed by atoms with Gasteiger partial charge in [-0.25, -0.2) is 4.79 Å². The van der Waals surface area contributed by atoms with E-state index in [-0.39, 0.29) is 11.7 Å². The lowest BCUT2D eigenvalue weighted by Gasteiger charge is -2.21. The molecule has 0 aromatic heterocycles. The number of nitrogens with one attached hydrogen (secondary N) is 3. The summed E-state index contributed by atoms with van der Waals surface area (Å²) in [6.45, 7) is 9.11. The van der Waals surface area contributed by atoms with Crippen LogP contribution in [0.3, 0.4) is 0 Å². The van der Waals surface area contributed by atoms with E-state index < -0.39 is 17.7 Å². The highest BCUT2D eigenvalue weighted by molar-refractivity contribution is 6.01. The van der Waals surface area contributed by atoms with Gasteiger partial charge in [0.2, 0.25) is 0 Å². The Hall–Kier alpha value is -2.37. The van der Waals surface area contributed by atoms with Crippen LogP contribution in [0.4, 0.5) is 4.79 Å². The first kappa shape index (κ1) is 24.7. The van der Waals surface area contributed by atoms with Gasteiger partial charge in [0, 0.05) is 5.56 Å². The number of amides is 2. The number of carbonyl (C=O) groups excluding carboxylic acids is 2. The average molecular weight is 404 g/mol. The molecule has 162 valence electrons. The van der Waals surface area contributed by atoms with E-state index in [0.29, 0.717) is 5.56 Å². The maximum atomic E-state index is 12.5.